The Balaban J connectivity index is 1.93. The molecule has 1 saturated carbocycles. The lowest BCUT2D eigenvalue weighted by atomic mass is 9.94. The van der Waals surface area contributed by atoms with Crippen LogP contribution in [0.3, 0.4) is 0 Å². The second kappa shape index (κ2) is 11.3. The lowest BCUT2D eigenvalue weighted by molar-refractivity contribution is -0.120. The van der Waals surface area contributed by atoms with E-state index in [9.17, 15) is 14.4 Å². The van der Waals surface area contributed by atoms with Crippen molar-refractivity contribution in [1.82, 2.24) is 14.5 Å². The average Bonchev–Trinajstić information content (AvgIpc) is 2.79. The quantitative estimate of drug-likeness (QED) is 0.605. The van der Waals surface area contributed by atoms with Crippen LogP contribution in [-0.4, -0.2) is 46.5 Å². The van der Waals surface area contributed by atoms with Gasteiger partial charge in [-0.2, -0.15) is 0 Å². The second-order valence-electron chi connectivity index (χ2n) is 9.50. The number of nitrogens with zero attached hydrogens (tertiary/aromatic N) is 3. The number of amides is 1. The fraction of sp³-hybridized carbons (Fsp3) is 0.560. The topological polar surface area (TPSA) is 104 Å². The highest BCUT2D eigenvalue weighted by molar-refractivity contribution is 5.96. The van der Waals surface area contributed by atoms with Gasteiger partial charge < -0.3 is 10.6 Å². The lowest BCUT2D eigenvalue weighted by Gasteiger charge is -2.33. The van der Waals surface area contributed by atoms with Crippen LogP contribution in [0, 0.1) is 5.92 Å². The zero-order valence-electron chi connectivity index (χ0n) is 20.0. The van der Waals surface area contributed by atoms with Gasteiger partial charge in [-0.05, 0) is 37.8 Å². The fourth-order valence-electron chi connectivity index (χ4n) is 4.46. The molecule has 0 saturated heterocycles. The number of hydrogen-bond acceptors (Lipinski definition) is 5. The van der Waals surface area contributed by atoms with Gasteiger partial charge in [0.15, 0.2) is 5.69 Å². The van der Waals surface area contributed by atoms with Gasteiger partial charge in [-0.3, -0.25) is 24.0 Å². The molecular weight excluding hydrogens is 418 g/mol. The van der Waals surface area contributed by atoms with Crippen LogP contribution < -0.4 is 21.9 Å². The molecule has 0 aliphatic heterocycles. The minimum Gasteiger partial charge on any atom is -0.383 e. The summed E-state index contributed by atoms with van der Waals surface area (Å²) in [6, 6.07) is 9.79. The van der Waals surface area contributed by atoms with Gasteiger partial charge in [0.25, 0.3) is 5.56 Å². The van der Waals surface area contributed by atoms with Crippen molar-refractivity contribution in [3.63, 3.8) is 0 Å². The summed E-state index contributed by atoms with van der Waals surface area (Å²) < 4.78 is 1.33. The highest BCUT2D eigenvalue weighted by atomic mass is 16.2. The van der Waals surface area contributed by atoms with E-state index >= 15 is 0 Å². The van der Waals surface area contributed by atoms with Gasteiger partial charge in [0.1, 0.15) is 5.82 Å². The Kier molecular flexibility index (Phi) is 8.49. The molecule has 180 valence electrons. The molecule has 0 unspecified atom stereocenters. The Labute approximate surface area is 195 Å². The van der Waals surface area contributed by atoms with E-state index in [0.29, 0.717) is 18.5 Å². The van der Waals surface area contributed by atoms with Gasteiger partial charge in [-0.1, -0.05) is 63.4 Å². The summed E-state index contributed by atoms with van der Waals surface area (Å²) in [5.41, 5.74) is 6.12. The van der Waals surface area contributed by atoms with E-state index in [1.54, 1.807) is 0 Å². The summed E-state index contributed by atoms with van der Waals surface area (Å²) in [6.45, 7) is 4.93. The molecule has 1 aliphatic rings. The van der Waals surface area contributed by atoms with Crippen molar-refractivity contribution in [1.29, 1.82) is 0 Å². The summed E-state index contributed by atoms with van der Waals surface area (Å²) in [6.07, 6.45) is 6.48. The molecule has 33 heavy (non-hydrogen) atoms. The number of nitrogens with two attached hydrogens (primary N) is 1. The standard InChI is InChI=1S/C25H37N5O3/c1-18(2)14-15-29(21(31)17-28(3)20-12-8-5-9-13-20)22-23(26)30(25(33)27-24(22)32)16-19-10-6-4-7-11-19/h4,6-7,10-11,18,20H,5,8-9,12-17,26H2,1-3H3,(H,27,32,33). The van der Waals surface area contributed by atoms with Crippen LogP contribution in [0.15, 0.2) is 39.9 Å². The van der Waals surface area contributed by atoms with Crippen LogP contribution in [-0.2, 0) is 11.3 Å². The first-order valence-corrected chi connectivity index (χ1v) is 11.9. The first-order chi connectivity index (χ1) is 15.8. The zero-order valence-corrected chi connectivity index (χ0v) is 20.0. The van der Waals surface area contributed by atoms with Crippen LogP contribution >= 0.6 is 0 Å². The van der Waals surface area contributed by atoms with Crippen molar-refractivity contribution in [3.8, 4) is 0 Å². The van der Waals surface area contributed by atoms with Crippen molar-refractivity contribution in [3.05, 3.63) is 56.7 Å². The Hall–Kier alpha value is -2.87. The first kappa shape index (κ1) is 24.8. The number of hydrogen-bond donors (Lipinski definition) is 2. The Morgan fingerprint density at radius 1 is 1.15 bits per heavy atom. The fourth-order valence-corrected chi connectivity index (χ4v) is 4.46. The third-order valence-corrected chi connectivity index (χ3v) is 6.48. The van der Waals surface area contributed by atoms with Gasteiger partial charge in [-0.15, -0.1) is 0 Å². The summed E-state index contributed by atoms with van der Waals surface area (Å²) in [4.78, 5) is 44.9. The van der Waals surface area contributed by atoms with E-state index in [4.69, 9.17) is 5.73 Å². The number of carbonyl (C=O) groups excluding carboxylic acids is 1. The van der Waals surface area contributed by atoms with Gasteiger partial charge in [0.05, 0.1) is 13.1 Å². The van der Waals surface area contributed by atoms with E-state index in [1.807, 2.05) is 37.4 Å². The van der Waals surface area contributed by atoms with E-state index in [-0.39, 0.29) is 30.5 Å². The van der Waals surface area contributed by atoms with Gasteiger partial charge >= 0.3 is 5.69 Å². The number of likely N-dealkylation sites (N-methyl/N-ethyl adjacent to an activating group) is 1. The number of H-pyrrole nitrogens is 1. The van der Waals surface area contributed by atoms with Crippen molar-refractivity contribution in [2.24, 2.45) is 5.92 Å². The Morgan fingerprint density at radius 2 is 1.82 bits per heavy atom. The van der Waals surface area contributed by atoms with Crippen molar-refractivity contribution >= 4 is 17.4 Å². The number of aromatic amines is 1. The minimum absolute atomic E-state index is 0.0185. The minimum atomic E-state index is -0.626. The summed E-state index contributed by atoms with van der Waals surface area (Å²) in [5, 5.41) is 0. The molecule has 3 rings (SSSR count). The van der Waals surface area contributed by atoms with Crippen molar-refractivity contribution in [2.45, 2.75) is 65.0 Å². The summed E-state index contributed by atoms with van der Waals surface area (Å²) in [5.74, 6) is 0.183. The zero-order chi connectivity index (χ0) is 24.0. The van der Waals surface area contributed by atoms with E-state index in [0.717, 1.165) is 24.8 Å². The molecule has 1 amide bonds. The van der Waals surface area contributed by atoms with Gasteiger partial charge in [0.2, 0.25) is 5.91 Å². The maximum absolute atomic E-state index is 13.5. The van der Waals surface area contributed by atoms with Crippen molar-refractivity contribution in [2.75, 3.05) is 30.8 Å². The molecule has 1 aliphatic carbocycles. The van der Waals surface area contributed by atoms with Crippen LogP contribution in [0.1, 0.15) is 57.9 Å². The summed E-state index contributed by atoms with van der Waals surface area (Å²) in [7, 11) is 1.97. The van der Waals surface area contributed by atoms with Crippen LogP contribution in [0.4, 0.5) is 11.5 Å². The predicted molar refractivity (Wildman–Crippen MR) is 133 cm³/mol. The largest absolute Gasteiger partial charge is 0.383 e. The Morgan fingerprint density at radius 3 is 2.45 bits per heavy atom. The number of nitrogens with one attached hydrogen (secondary N) is 1. The summed E-state index contributed by atoms with van der Waals surface area (Å²) >= 11 is 0. The highest BCUT2D eigenvalue weighted by Crippen LogP contribution is 2.23. The van der Waals surface area contributed by atoms with Crippen molar-refractivity contribution < 1.29 is 4.79 Å². The maximum atomic E-state index is 13.5. The molecule has 1 heterocycles. The van der Waals surface area contributed by atoms with E-state index in [2.05, 4.69) is 23.7 Å². The van der Waals surface area contributed by atoms with Crippen LogP contribution in [0.5, 0.6) is 0 Å². The molecule has 0 atom stereocenters. The molecule has 1 fully saturated rings. The first-order valence-electron chi connectivity index (χ1n) is 11.9. The third-order valence-electron chi connectivity index (χ3n) is 6.48. The molecule has 2 aromatic rings. The second-order valence-corrected chi connectivity index (χ2v) is 9.50. The number of benzene rings is 1. The number of anilines is 2. The smallest absolute Gasteiger partial charge is 0.330 e. The lowest BCUT2D eigenvalue weighted by Crippen LogP contribution is -2.47. The maximum Gasteiger partial charge on any atom is 0.330 e. The van der Waals surface area contributed by atoms with Crippen LogP contribution in [0.25, 0.3) is 0 Å². The monoisotopic (exact) mass is 455 g/mol. The molecule has 0 spiro atoms. The van der Waals surface area contributed by atoms with E-state index in [1.165, 1.54) is 28.7 Å². The average molecular weight is 456 g/mol. The number of nitrogen functional groups attached to an aromatic ring is 1. The molecule has 8 heteroatoms. The predicted octanol–water partition coefficient (Wildman–Crippen LogP) is 2.81. The number of rotatable bonds is 9. The molecule has 1 aromatic heterocycles. The Bertz CT molecular complexity index is 1040. The SMILES string of the molecule is CC(C)CCN(C(=O)CN(C)C1CCCCC1)c1c(N)n(Cc2ccccc2)c(=O)[nH]c1=O. The number of aromatic nitrogens is 2. The molecule has 0 bridgehead atoms. The molecular formula is C25H37N5O3. The van der Waals surface area contributed by atoms with Crippen LogP contribution in [0.2, 0.25) is 0 Å². The number of carbonyl (C=O) groups is 1. The van der Waals surface area contributed by atoms with Gasteiger partial charge in [0, 0.05) is 12.6 Å². The van der Waals surface area contributed by atoms with Gasteiger partial charge in [-0.25, -0.2) is 4.79 Å². The van der Waals surface area contributed by atoms with E-state index < -0.39 is 11.2 Å². The molecule has 8 nitrogen and oxygen atoms in total. The molecule has 3 N–H and O–H groups in total. The molecule has 0 radical (unpaired) electrons. The normalized spacial score (nSPS) is 14.7. The highest BCUT2D eigenvalue weighted by Gasteiger charge is 2.27. The third kappa shape index (κ3) is 6.35. The molecule has 1 aromatic carbocycles.